The van der Waals surface area contributed by atoms with Gasteiger partial charge >= 0.3 is 0 Å². The summed E-state index contributed by atoms with van der Waals surface area (Å²) in [6, 6.07) is 0.290. The van der Waals surface area contributed by atoms with Crippen LogP contribution >= 0.6 is 0 Å². The molecule has 2 aromatic rings. The van der Waals surface area contributed by atoms with Crippen LogP contribution in [0.2, 0.25) is 0 Å². The predicted molar refractivity (Wildman–Crippen MR) is 103 cm³/mol. The largest absolute Gasteiger partial charge is 0.339 e. The Hall–Kier alpha value is -3.05. The molecule has 2 amide bonds. The minimum Gasteiger partial charge on any atom is -0.339 e. The average molecular weight is 460 g/mol. The van der Waals surface area contributed by atoms with Gasteiger partial charge in [-0.1, -0.05) is 5.16 Å². The molecule has 1 aliphatic heterocycles. The van der Waals surface area contributed by atoms with Crippen LogP contribution < -0.4 is 4.90 Å². The molecule has 0 bridgehead atoms. The van der Waals surface area contributed by atoms with Gasteiger partial charge in [0.1, 0.15) is 17.7 Å². The molecule has 174 valence electrons. The first-order valence-corrected chi connectivity index (χ1v) is 9.68. The Morgan fingerprint density at radius 2 is 1.88 bits per heavy atom. The number of aromatic nitrogens is 2. The molecular weight excluding hydrogens is 439 g/mol. The molecule has 0 N–H and O–H groups in total. The standard InChI is InChI=1S/C20H21F5N4O3/c1-20(2,3)28(4)19(31)12-5-6-14(30)29(12)13-8-10(21)9(7-11(13)22)17-26-18(32-27-17)15(23)16(24)25/h7-8,12,15-16H,5-6H2,1-4H3/t12-,15?/m0/s1. The van der Waals surface area contributed by atoms with Crippen LogP contribution in [-0.4, -0.2) is 51.9 Å². The molecule has 32 heavy (non-hydrogen) atoms. The molecule has 1 aliphatic rings. The fraction of sp³-hybridized carbons (Fsp3) is 0.500. The summed E-state index contributed by atoms with van der Waals surface area (Å²) < 4.78 is 72.4. The molecule has 1 aromatic carbocycles. The number of rotatable bonds is 5. The molecule has 12 heteroatoms. The summed E-state index contributed by atoms with van der Waals surface area (Å²) in [7, 11) is 1.55. The van der Waals surface area contributed by atoms with E-state index in [0.717, 1.165) is 4.90 Å². The van der Waals surface area contributed by atoms with Crippen LogP contribution in [0, 0.1) is 11.6 Å². The van der Waals surface area contributed by atoms with Crippen LogP contribution in [0.15, 0.2) is 16.7 Å². The molecule has 7 nitrogen and oxygen atoms in total. The van der Waals surface area contributed by atoms with E-state index in [1.165, 1.54) is 4.90 Å². The second-order valence-corrected chi connectivity index (χ2v) is 8.36. The third-order valence-electron chi connectivity index (χ3n) is 5.27. The van der Waals surface area contributed by atoms with Crippen molar-refractivity contribution in [2.24, 2.45) is 0 Å². The van der Waals surface area contributed by atoms with Gasteiger partial charge in [-0.05, 0) is 33.3 Å². The van der Waals surface area contributed by atoms with E-state index >= 15 is 0 Å². The Bertz CT molecular complexity index is 1040. The lowest BCUT2D eigenvalue weighted by Gasteiger charge is -2.36. The van der Waals surface area contributed by atoms with Crippen molar-refractivity contribution < 1.29 is 36.1 Å². The maximum absolute atomic E-state index is 14.9. The van der Waals surface area contributed by atoms with Gasteiger partial charge in [0.25, 0.3) is 12.3 Å². The number of amides is 2. The summed E-state index contributed by atoms with van der Waals surface area (Å²) in [6.07, 6.45) is -6.22. The lowest BCUT2D eigenvalue weighted by Crippen LogP contribution is -2.52. The Balaban J connectivity index is 1.96. The number of benzene rings is 1. The van der Waals surface area contributed by atoms with Gasteiger partial charge in [0, 0.05) is 25.1 Å². The molecule has 0 spiro atoms. The van der Waals surface area contributed by atoms with E-state index in [1.54, 1.807) is 27.8 Å². The number of likely N-dealkylation sites (N-methyl/N-ethyl adjacent to an activating group) is 1. The fourth-order valence-electron chi connectivity index (χ4n) is 3.23. The van der Waals surface area contributed by atoms with Gasteiger partial charge in [0.15, 0.2) is 0 Å². The molecule has 3 rings (SSSR count). The van der Waals surface area contributed by atoms with Crippen LogP contribution in [0.25, 0.3) is 11.4 Å². The highest BCUT2D eigenvalue weighted by Crippen LogP contribution is 2.35. The predicted octanol–water partition coefficient (Wildman–Crippen LogP) is 4.04. The maximum Gasteiger partial charge on any atom is 0.278 e. The van der Waals surface area contributed by atoms with Crippen molar-refractivity contribution >= 4 is 17.5 Å². The van der Waals surface area contributed by atoms with E-state index in [0.29, 0.717) is 12.1 Å². The number of anilines is 1. The molecule has 1 aromatic heterocycles. The molecule has 0 saturated carbocycles. The molecule has 1 fully saturated rings. The van der Waals surface area contributed by atoms with Crippen molar-refractivity contribution in [3.05, 3.63) is 29.7 Å². The van der Waals surface area contributed by atoms with Gasteiger partial charge in [0.05, 0.1) is 11.3 Å². The van der Waals surface area contributed by atoms with Crippen LogP contribution in [-0.2, 0) is 9.59 Å². The Morgan fingerprint density at radius 3 is 2.47 bits per heavy atom. The highest BCUT2D eigenvalue weighted by Gasteiger charge is 2.42. The summed E-state index contributed by atoms with van der Waals surface area (Å²) in [4.78, 5) is 31.0. The minimum atomic E-state index is -3.44. The first kappa shape index (κ1) is 23.6. The van der Waals surface area contributed by atoms with Gasteiger partial charge < -0.3 is 9.42 Å². The fourth-order valence-corrected chi connectivity index (χ4v) is 3.23. The number of hydrogen-bond acceptors (Lipinski definition) is 5. The van der Waals surface area contributed by atoms with Crippen LogP contribution in [0.1, 0.15) is 45.7 Å². The quantitative estimate of drug-likeness (QED) is 0.630. The second kappa shape index (κ2) is 8.47. The molecule has 0 radical (unpaired) electrons. The Morgan fingerprint density at radius 1 is 1.22 bits per heavy atom. The van der Waals surface area contributed by atoms with E-state index in [2.05, 4.69) is 14.7 Å². The zero-order chi connectivity index (χ0) is 24.0. The summed E-state index contributed by atoms with van der Waals surface area (Å²) >= 11 is 0. The van der Waals surface area contributed by atoms with Gasteiger partial charge in [0.2, 0.25) is 23.8 Å². The smallest absolute Gasteiger partial charge is 0.278 e. The monoisotopic (exact) mass is 460 g/mol. The number of hydrogen-bond donors (Lipinski definition) is 0. The van der Waals surface area contributed by atoms with Gasteiger partial charge in [-0.15, -0.1) is 0 Å². The molecule has 2 atom stereocenters. The average Bonchev–Trinajstić information content (AvgIpc) is 3.34. The third-order valence-corrected chi connectivity index (χ3v) is 5.27. The molecule has 0 aliphatic carbocycles. The lowest BCUT2D eigenvalue weighted by atomic mass is 10.0. The van der Waals surface area contributed by atoms with Gasteiger partial charge in [-0.25, -0.2) is 22.0 Å². The van der Waals surface area contributed by atoms with Crippen molar-refractivity contribution in [2.75, 3.05) is 11.9 Å². The zero-order valence-electron chi connectivity index (χ0n) is 17.7. The topological polar surface area (TPSA) is 79.5 Å². The van der Waals surface area contributed by atoms with Crippen molar-refractivity contribution in [3.63, 3.8) is 0 Å². The van der Waals surface area contributed by atoms with Crippen LogP contribution in [0.5, 0.6) is 0 Å². The molecule has 1 saturated heterocycles. The lowest BCUT2D eigenvalue weighted by molar-refractivity contribution is -0.135. The number of halogens is 5. The van der Waals surface area contributed by atoms with Gasteiger partial charge in [-0.3, -0.25) is 14.5 Å². The zero-order valence-corrected chi connectivity index (χ0v) is 17.7. The highest BCUT2D eigenvalue weighted by atomic mass is 19.3. The number of carbonyl (C=O) groups is 2. The molecule has 2 heterocycles. The van der Waals surface area contributed by atoms with Gasteiger partial charge in [-0.2, -0.15) is 4.98 Å². The van der Waals surface area contributed by atoms with E-state index in [1.807, 2.05) is 0 Å². The summed E-state index contributed by atoms with van der Waals surface area (Å²) in [5, 5.41) is 3.22. The van der Waals surface area contributed by atoms with Crippen LogP contribution in [0.4, 0.5) is 27.6 Å². The first-order chi connectivity index (χ1) is 14.8. The van der Waals surface area contributed by atoms with E-state index < -0.39 is 70.6 Å². The molecule has 1 unspecified atom stereocenters. The first-order valence-electron chi connectivity index (χ1n) is 9.68. The highest BCUT2D eigenvalue weighted by molar-refractivity contribution is 6.04. The second-order valence-electron chi connectivity index (χ2n) is 8.36. The van der Waals surface area contributed by atoms with Crippen molar-refractivity contribution in [3.8, 4) is 11.4 Å². The van der Waals surface area contributed by atoms with Crippen molar-refractivity contribution in [1.29, 1.82) is 0 Å². The minimum absolute atomic E-state index is 0.0308. The number of nitrogens with zero attached hydrogens (tertiary/aromatic N) is 4. The summed E-state index contributed by atoms with van der Waals surface area (Å²) in [5.41, 5.74) is -1.61. The Kier molecular flexibility index (Phi) is 6.25. The maximum atomic E-state index is 14.9. The number of carbonyl (C=O) groups excluding carboxylic acids is 2. The van der Waals surface area contributed by atoms with E-state index in [4.69, 9.17) is 0 Å². The summed E-state index contributed by atoms with van der Waals surface area (Å²) in [5.74, 6) is -4.91. The third kappa shape index (κ3) is 4.30. The SMILES string of the molecule is CN(C(=O)[C@@H]1CCC(=O)N1c1cc(F)c(-c2noc(C(F)C(F)F)n2)cc1F)C(C)(C)C. The van der Waals surface area contributed by atoms with Crippen LogP contribution in [0.3, 0.4) is 0 Å². The van der Waals surface area contributed by atoms with Crippen molar-refractivity contribution in [1.82, 2.24) is 15.0 Å². The van der Waals surface area contributed by atoms with E-state index in [-0.39, 0.29) is 12.8 Å². The molecular formula is C20H21F5N4O3. The normalized spacial score (nSPS) is 17.9. The number of alkyl halides is 3. The van der Waals surface area contributed by atoms with E-state index in [9.17, 15) is 31.5 Å². The summed E-state index contributed by atoms with van der Waals surface area (Å²) in [6.45, 7) is 5.36. The van der Waals surface area contributed by atoms with Crippen molar-refractivity contribution in [2.45, 2.75) is 57.8 Å². The Labute approximate surface area is 180 Å².